The lowest BCUT2D eigenvalue weighted by Crippen LogP contribution is -2.10. The normalized spacial score (nSPS) is 11.4. The molecule has 4 aromatic rings. The molecule has 4 rings (SSSR count). The van der Waals surface area contributed by atoms with Gasteiger partial charge in [0.15, 0.2) is 5.13 Å². The fourth-order valence-electron chi connectivity index (χ4n) is 3.32. The Kier molecular flexibility index (Phi) is 7.70. The Bertz CT molecular complexity index is 1210. The van der Waals surface area contributed by atoms with Crippen LogP contribution in [0.25, 0.3) is 11.3 Å². The first-order valence-corrected chi connectivity index (χ1v) is 11.9. The molecule has 0 aliphatic heterocycles. The van der Waals surface area contributed by atoms with Crippen LogP contribution >= 0.6 is 22.9 Å². The third-order valence-corrected chi connectivity index (χ3v) is 6.04. The van der Waals surface area contributed by atoms with Gasteiger partial charge in [-0.3, -0.25) is 4.98 Å². The third kappa shape index (κ3) is 6.48. The average Bonchev–Trinajstić information content (AvgIpc) is 3.29. The average molecular weight is 504 g/mol. The highest BCUT2D eigenvalue weighted by molar-refractivity contribution is 7.14. The van der Waals surface area contributed by atoms with Crippen LogP contribution in [0.1, 0.15) is 24.0 Å². The topological polar surface area (TPSA) is 47.0 Å². The van der Waals surface area contributed by atoms with Crippen molar-refractivity contribution in [3.63, 3.8) is 0 Å². The van der Waals surface area contributed by atoms with Crippen molar-refractivity contribution in [3.05, 3.63) is 88.5 Å². The predicted octanol–water partition coefficient (Wildman–Crippen LogP) is 8.02. The molecular formula is C25H21ClF3N3OS. The summed E-state index contributed by atoms with van der Waals surface area (Å²) in [5.74, 6) is -0.181. The van der Waals surface area contributed by atoms with E-state index in [9.17, 15) is 13.2 Å². The molecule has 0 bridgehead atoms. The maximum Gasteiger partial charge on any atom is 0.420 e. The Morgan fingerprint density at radius 1 is 1.03 bits per heavy atom. The number of nitrogens with zero attached hydrogens (tertiary/aromatic N) is 2. The van der Waals surface area contributed by atoms with Crippen molar-refractivity contribution in [1.29, 1.82) is 0 Å². The van der Waals surface area contributed by atoms with Crippen LogP contribution in [0.3, 0.4) is 0 Å². The summed E-state index contributed by atoms with van der Waals surface area (Å²) < 4.78 is 46.5. The van der Waals surface area contributed by atoms with Gasteiger partial charge in [-0.15, -0.1) is 11.3 Å². The van der Waals surface area contributed by atoms with Crippen LogP contribution in [0.15, 0.2) is 72.4 Å². The summed E-state index contributed by atoms with van der Waals surface area (Å²) in [6, 6.07) is 15.2. The van der Waals surface area contributed by atoms with E-state index in [1.165, 1.54) is 17.4 Å². The molecule has 0 atom stereocenters. The fraction of sp³-hybridized carbons (Fsp3) is 0.200. The summed E-state index contributed by atoms with van der Waals surface area (Å²) in [5.41, 5.74) is 2.14. The standard InChI is InChI=1S/C25H21ClF3N3OS/c26-19-8-6-17(7-9-19)4-1-2-13-33-23-11-10-20(14-21(23)25(27,28)29)31-24-32-22(16-34-24)18-5-3-12-30-15-18/h3,5-12,14-16H,1-2,4,13H2,(H,31,32). The highest BCUT2D eigenvalue weighted by Crippen LogP contribution is 2.39. The zero-order valence-electron chi connectivity index (χ0n) is 18.0. The third-order valence-electron chi connectivity index (χ3n) is 5.03. The zero-order valence-corrected chi connectivity index (χ0v) is 19.6. The molecule has 2 aromatic heterocycles. The number of alkyl halides is 3. The van der Waals surface area contributed by atoms with E-state index < -0.39 is 11.7 Å². The van der Waals surface area contributed by atoms with E-state index in [4.69, 9.17) is 16.3 Å². The molecular weight excluding hydrogens is 483 g/mol. The second-order valence-electron chi connectivity index (χ2n) is 7.55. The van der Waals surface area contributed by atoms with E-state index >= 15 is 0 Å². The van der Waals surface area contributed by atoms with E-state index in [-0.39, 0.29) is 18.0 Å². The van der Waals surface area contributed by atoms with Crippen LogP contribution < -0.4 is 10.1 Å². The van der Waals surface area contributed by atoms with E-state index in [0.29, 0.717) is 22.3 Å². The number of hydrogen-bond acceptors (Lipinski definition) is 5. The summed E-state index contributed by atoms with van der Waals surface area (Å²) in [7, 11) is 0. The maximum atomic E-state index is 13.7. The van der Waals surface area contributed by atoms with Crippen molar-refractivity contribution in [1.82, 2.24) is 9.97 Å². The van der Waals surface area contributed by atoms with Crippen LogP contribution in [0.5, 0.6) is 5.75 Å². The van der Waals surface area contributed by atoms with Crippen LogP contribution in [-0.4, -0.2) is 16.6 Å². The molecule has 0 unspecified atom stereocenters. The number of unbranched alkanes of at least 4 members (excludes halogenated alkanes) is 1. The molecule has 0 saturated carbocycles. The van der Waals surface area contributed by atoms with Gasteiger partial charge in [0.05, 0.1) is 17.9 Å². The number of anilines is 2. The van der Waals surface area contributed by atoms with Crippen LogP contribution in [0.2, 0.25) is 5.02 Å². The van der Waals surface area contributed by atoms with E-state index in [1.54, 1.807) is 24.5 Å². The lowest BCUT2D eigenvalue weighted by Gasteiger charge is -2.15. The van der Waals surface area contributed by atoms with Gasteiger partial charge in [0, 0.05) is 34.0 Å². The van der Waals surface area contributed by atoms with E-state index in [0.717, 1.165) is 30.0 Å². The summed E-state index contributed by atoms with van der Waals surface area (Å²) >= 11 is 7.18. The van der Waals surface area contributed by atoms with Gasteiger partial charge in [-0.25, -0.2) is 4.98 Å². The number of benzene rings is 2. The molecule has 0 spiro atoms. The van der Waals surface area contributed by atoms with E-state index in [1.807, 2.05) is 35.7 Å². The van der Waals surface area contributed by atoms with Gasteiger partial charge in [-0.05, 0) is 67.3 Å². The van der Waals surface area contributed by atoms with Gasteiger partial charge in [0.25, 0.3) is 0 Å². The Morgan fingerprint density at radius 3 is 2.59 bits per heavy atom. The second-order valence-corrected chi connectivity index (χ2v) is 8.84. The second kappa shape index (κ2) is 10.9. The number of halogens is 4. The Hall–Kier alpha value is -3.10. The predicted molar refractivity (Wildman–Crippen MR) is 130 cm³/mol. The lowest BCUT2D eigenvalue weighted by atomic mass is 10.1. The fourth-order valence-corrected chi connectivity index (χ4v) is 4.19. The van der Waals surface area contributed by atoms with Crippen molar-refractivity contribution >= 4 is 33.8 Å². The number of pyridine rings is 1. The molecule has 34 heavy (non-hydrogen) atoms. The molecule has 0 amide bonds. The first kappa shape index (κ1) is 24.0. The molecule has 2 heterocycles. The highest BCUT2D eigenvalue weighted by atomic mass is 35.5. The monoisotopic (exact) mass is 503 g/mol. The SMILES string of the molecule is FC(F)(F)c1cc(Nc2nc(-c3cccnc3)cs2)ccc1OCCCCc1ccc(Cl)cc1. The van der Waals surface area contributed by atoms with Gasteiger partial charge < -0.3 is 10.1 Å². The number of aromatic nitrogens is 2. The van der Waals surface area contributed by atoms with Gasteiger partial charge in [0.2, 0.25) is 0 Å². The van der Waals surface area contributed by atoms with Gasteiger partial charge in [0.1, 0.15) is 5.75 Å². The Morgan fingerprint density at radius 2 is 1.85 bits per heavy atom. The largest absolute Gasteiger partial charge is 0.493 e. The molecule has 176 valence electrons. The first-order valence-electron chi connectivity index (χ1n) is 10.6. The van der Waals surface area contributed by atoms with E-state index in [2.05, 4.69) is 15.3 Å². The summed E-state index contributed by atoms with van der Waals surface area (Å²) in [5, 5.41) is 5.94. The summed E-state index contributed by atoms with van der Waals surface area (Å²) in [4.78, 5) is 8.50. The molecule has 9 heteroatoms. The van der Waals surface area contributed by atoms with Gasteiger partial charge in [-0.1, -0.05) is 23.7 Å². The van der Waals surface area contributed by atoms with Crippen LogP contribution in [-0.2, 0) is 12.6 Å². The molecule has 0 saturated heterocycles. The summed E-state index contributed by atoms with van der Waals surface area (Å²) in [6.45, 7) is 0.199. The first-order chi connectivity index (χ1) is 16.4. The number of thiazole rings is 1. The number of nitrogens with one attached hydrogen (secondary N) is 1. The minimum atomic E-state index is -4.54. The number of ether oxygens (including phenoxy) is 1. The molecule has 1 N–H and O–H groups in total. The molecule has 0 fully saturated rings. The van der Waals surface area contributed by atoms with Crippen molar-refractivity contribution in [2.45, 2.75) is 25.4 Å². The molecule has 0 radical (unpaired) electrons. The molecule has 0 aliphatic carbocycles. The van der Waals surface area contributed by atoms with Crippen molar-refractivity contribution in [3.8, 4) is 17.0 Å². The minimum Gasteiger partial charge on any atom is -0.493 e. The zero-order chi connectivity index (χ0) is 24.0. The van der Waals surface area contributed by atoms with Crippen molar-refractivity contribution in [2.24, 2.45) is 0 Å². The Balaban J connectivity index is 1.37. The minimum absolute atomic E-state index is 0.181. The summed E-state index contributed by atoms with van der Waals surface area (Å²) in [6.07, 6.45) is 1.05. The number of aryl methyl sites for hydroxylation is 1. The number of hydrogen-bond donors (Lipinski definition) is 1. The molecule has 2 aromatic carbocycles. The van der Waals surface area contributed by atoms with Gasteiger partial charge in [-0.2, -0.15) is 13.2 Å². The highest BCUT2D eigenvalue weighted by Gasteiger charge is 2.34. The smallest absolute Gasteiger partial charge is 0.420 e. The van der Waals surface area contributed by atoms with Crippen LogP contribution in [0.4, 0.5) is 24.0 Å². The Labute approximate surface area is 204 Å². The van der Waals surface area contributed by atoms with Gasteiger partial charge >= 0.3 is 6.18 Å². The molecule has 4 nitrogen and oxygen atoms in total. The lowest BCUT2D eigenvalue weighted by molar-refractivity contribution is -0.138. The van der Waals surface area contributed by atoms with Crippen molar-refractivity contribution in [2.75, 3.05) is 11.9 Å². The number of rotatable bonds is 9. The molecule has 0 aliphatic rings. The van der Waals surface area contributed by atoms with Crippen molar-refractivity contribution < 1.29 is 17.9 Å². The quantitative estimate of drug-likeness (QED) is 0.235. The van der Waals surface area contributed by atoms with Crippen LogP contribution in [0, 0.1) is 0 Å². The maximum absolute atomic E-state index is 13.7.